The first-order chi connectivity index (χ1) is 9.63. The van der Waals surface area contributed by atoms with Crippen LogP contribution in [0.4, 0.5) is 5.69 Å². The molecule has 1 heterocycles. The van der Waals surface area contributed by atoms with Crippen molar-refractivity contribution >= 4 is 17.5 Å². The molecular weight excluding hydrogens is 252 g/mol. The Labute approximate surface area is 118 Å². The Morgan fingerprint density at radius 2 is 1.95 bits per heavy atom. The molecule has 20 heavy (non-hydrogen) atoms. The summed E-state index contributed by atoms with van der Waals surface area (Å²) >= 11 is 0. The lowest BCUT2D eigenvalue weighted by atomic mass is 10.2. The number of amides is 2. The van der Waals surface area contributed by atoms with Crippen molar-refractivity contribution in [3.05, 3.63) is 66.5 Å². The summed E-state index contributed by atoms with van der Waals surface area (Å²) in [6.45, 7) is 5.40. The molecule has 1 aliphatic heterocycles. The lowest BCUT2D eigenvalue weighted by Gasteiger charge is -2.23. The summed E-state index contributed by atoms with van der Waals surface area (Å²) in [5.74, 6) is -0.551. The third-order valence-electron chi connectivity index (χ3n) is 2.92. The van der Waals surface area contributed by atoms with Crippen molar-refractivity contribution in [1.29, 1.82) is 0 Å². The Morgan fingerprint density at radius 1 is 1.25 bits per heavy atom. The minimum atomic E-state index is -0.296. The molecule has 1 N–H and O–H groups in total. The van der Waals surface area contributed by atoms with Crippen molar-refractivity contribution < 1.29 is 9.59 Å². The summed E-state index contributed by atoms with van der Waals surface area (Å²) < 4.78 is 0. The Balaban J connectivity index is 2.55. The molecule has 0 aromatic heterocycles. The van der Waals surface area contributed by atoms with Gasteiger partial charge in [0.1, 0.15) is 6.42 Å². The maximum atomic E-state index is 12.3. The van der Waals surface area contributed by atoms with E-state index in [1.807, 2.05) is 30.3 Å². The second kappa shape index (κ2) is 6.02. The molecule has 0 bridgehead atoms. The zero-order chi connectivity index (χ0) is 14.5. The molecule has 0 fully saturated rings. The van der Waals surface area contributed by atoms with Crippen LogP contribution in [0.3, 0.4) is 0 Å². The number of hydrogen-bond donors (Lipinski definition) is 1. The van der Waals surface area contributed by atoms with E-state index < -0.39 is 0 Å². The van der Waals surface area contributed by atoms with Gasteiger partial charge in [0.2, 0.25) is 11.8 Å². The number of rotatable bonds is 3. The molecule has 2 amide bonds. The van der Waals surface area contributed by atoms with Crippen LogP contribution in [-0.4, -0.2) is 11.8 Å². The molecule has 4 heteroatoms. The van der Waals surface area contributed by atoms with Crippen LogP contribution in [0, 0.1) is 0 Å². The van der Waals surface area contributed by atoms with Crippen molar-refractivity contribution in [2.45, 2.75) is 13.3 Å². The van der Waals surface area contributed by atoms with Gasteiger partial charge in [-0.3, -0.25) is 14.5 Å². The summed E-state index contributed by atoms with van der Waals surface area (Å²) in [6.07, 6.45) is 4.96. The maximum Gasteiger partial charge on any atom is 0.241 e. The molecule has 0 unspecified atom stereocenters. The molecule has 1 aromatic rings. The fourth-order valence-corrected chi connectivity index (χ4v) is 2.05. The number of para-hydroxylation sites is 1. The van der Waals surface area contributed by atoms with Crippen LogP contribution >= 0.6 is 0 Å². The number of allylic oxidation sites excluding steroid dienone is 4. The van der Waals surface area contributed by atoms with Gasteiger partial charge in [0.15, 0.2) is 0 Å². The summed E-state index contributed by atoms with van der Waals surface area (Å²) in [4.78, 5) is 25.5. The summed E-state index contributed by atoms with van der Waals surface area (Å²) in [5.41, 5.74) is 2.02. The molecule has 0 aliphatic carbocycles. The SMILES string of the molecule is C=C/C=C\C1=C(C)NC(=O)CC(=O)N1c1ccccc1. The Hall–Kier alpha value is -2.62. The molecule has 0 saturated heterocycles. The first-order valence-corrected chi connectivity index (χ1v) is 6.31. The molecular formula is C16H16N2O2. The smallest absolute Gasteiger partial charge is 0.241 e. The second-order valence-electron chi connectivity index (χ2n) is 4.39. The van der Waals surface area contributed by atoms with E-state index in [1.165, 1.54) is 0 Å². The number of benzene rings is 1. The Bertz CT molecular complexity index is 600. The van der Waals surface area contributed by atoms with E-state index >= 15 is 0 Å². The number of anilines is 1. The van der Waals surface area contributed by atoms with Crippen LogP contribution < -0.4 is 10.2 Å². The first kappa shape index (κ1) is 13.8. The fraction of sp³-hybridized carbons (Fsp3) is 0.125. The average molecular weight is 268 g/mol. The van der Waals surface area contributed by atoms with E-state index in [0.29, 0.717) is 11.4 Å². The van der Waals surface area contributed by atoms with Crippen LogP contribution in [-0.2, 0) is 9.59 Å². The lowest BCUT2D eigenvalue weighted by Crippen LogP contribution is -2.29. The van der Waals surface area contributed by atoms with E-state index in [1.54, 1.807) is 30.1 Å². The molecule has 2 rings (SSSR count). The van der Waals surface area contributed by atoms with Gasteiger partial charge in [0.25, 0.3) is 0 Å². The van der Waals surface area contributed by atoms with Gasteiger partial charge < -0.3 is 5.32 Å². The van der Waals surface area contributed by atoms with Gasteiger partial charge in [-0.05, 0) is 25.1 Å². The van der Waals surface area contributed by atoms with Crippen molar-refractivity contribution in [3.63, 3.8) is 0 Å². The molecule has 4 nitrogen and oxygen atoms in total. The largest absolute Gasteiger partial charge is 0.328 e. The maximum absolute atomic E-state index is 12.3. The molecule has 1 aromatic carbocycles. The summed E-state index contributed by atoms with van der Waals surface area (Å²) in [6, 6.07) is 9.26. The zero-order valence-corrected chi connectivity index (χ0v) is 11.3. The summed E-state index contributed by atoms with van der Waals surface area (Å²) in [5, 5.41) is 2.72. The van der Waals surface area contributed by atoms with Crippen LogP contribution in [0.1, 0.15) is 13.3 Å². The summed E-state index contributed by atoms with van der Waals surface area (Å²) in [7, 11) is 0. The number of nitrogens with zero attached hydrogens (tertiary/aromatic N) is 1. The van der Waals surface area contributed by atoms with E-state index in [4.69, 9.17) is 0 Å². The minimum absolute atomic E-state index is 0.169. The highest BCUT2D eigenvalue weighted by Gasteiger charge is 2.26. The van der Waals surface area contributed by atoms with Crippen LogP contribution in [0.5, 0.6) is 0 Å². The zero-order valence-electron chi connectivity index (χ0n) is 11.3. The third kappa shape index (κ3) is 2.85. The average Bonchev–Trinajstić information content (AvgIpc) is 2.53. The van der Waals surface area contributed by atoms with E-state index in [-0.39, 0.29) is 18.2 Å². The normalized spacial score (nSPS) is 16.4. The molecule has 102 valence electrons. The van der Waals surface area contributed by atoms with E-state index in [2.05, 4.69) is 11.9 Å². The van der Waals surface area contributed by atoms with Crippen molar-refractivity contribution in [2.75, 3.05) is 4.90 Å². The molecule has 0 radical (unpaired) electrons. The monoisotopic (exact) mass is 268 g/mol. The molecule has 0 atom stereocenters. The third-order valence-corrected chi connectivity index (χ3v) is 2.92. The van der Waals surface area contributed by atoms with Gasteiger partial charge in [-0.1, -0.05) is 36.9 Å². The van der Waals surface area contributed by atoms with Gasteiger partial charge in [-0.25, -0.2) is 0 Å². The predicted molar refractivity (Wildman–Crippen MR) is 78.7 cm³/mol. The van der Waals surface area contributed by atoms with Crippen LogP contribution in [0.25, 0.3) is 0 Å². The predicted octanol–water partition coefficient (Wildman–Crippen LogP) is 2.51. The number of carbonyl (C=O) groups excluding carboxylic acids is 2. The molecule has 0 spiro atoms. The van der Waals surface area contributed by atoms with Gasteiger partial charge >= 0.3 is 0 Å². The highest BCUT2D eigenvalue weighted by atomic mass is 16.2. The number of nitrogens with one attached hydrogen (secondary N) is 1. The van der Waals surface area contributed by atoms with Crippen molar-refractivity contribution in [2.24, 2.45) is 0 Å². The van der Waals surface area contributed by atoms with E-state index in [0.717, 1.165) is 5.69 Å². The first-order valence-electron chi connectivity index (χ1n) is 6.31. The minimum Gasteiger partial charge on any atom is -0.328 e. The van der Waals surface area contributed by atoms with Gasteiger partial charge in [-0.15, -0.1) is 0 Å². The van der Waals surface area contributed by atoms with E-state index in [9.17, 15) is 9.59 Å². The van der Waals surface area contributed by atoms with Gasteiger partial charge in [0, 0.05) is 11.4 Å². The fourth-order valence-electron chi connectivity index (χ4n) is 2.05. The molecule has 0 saturated carbocycles. The molecule has 1 aliphatic rings. The topological polar surface area (TPSA) is 49.4 Å². The number of carbonyl (C=O) groups is 2. The Morgan fingerprint density at radius 3 is 2.60 bits per heavy atom. The quantitative estimate of drug-likeness (QED) is 0.676. The standard InChI is InChI=1S/C16H16N2O2/c1-3-4-10-14-12(2)17-15(19)11-16(20)18(14)13-8-6-5-7-9-13/h3-10H,1,11H2,2H3,(H,17,19)/b10-4-. The van der Waals surface area contributed by atoms with Gasteiger partial charge in [-0.2, -0.15) is 0 Å². The second-order valence-corrected chi connectivity index (χ2v) is 4.39. The van der Waals surface area contributed by atoms with Crippen LogP contribution in [0.15, 0.2) is 66.5 Å². The van der Waals surface area contributed by atoms with Gasteiger partial charge in [0.05, 0.1) is 5.70 Å². The van der Waals surface area contributed by atoms with Crippen LogP contribution in [0.2, 0.25) is 0 Å². The highest BCUT2D eigenvalue weighted by Crippen LogP contribution is 2.24. The van der Waals surface area contributed by atoms with Crippen molar-refractivity contribution in [1.82, 2.24) is 5.32 Å². The lowest BCUT2D eigenvalue weighted by molar-refractivity contribution is -0.126. The highest BCUT2D eigenvalue weighted by molar-refractivity contribution is 6.08. The number of hydrogen-bond acceptors (Lipinski definition) is 2. The van der Waals surface area contributed by atoms with Crippen molar-refractivity contribution in [3.8, 4) is 0 Å². The Kier molecular flexibility index (Phi) is 4.15.